The van der Waals surface area contributed by atoms with Gasteiger partial charge in [0.15, 0.2) is 0 Å². The van der Waals surface area contributed by atoms with Crippen molar-refractivity contribution in [3.05, 3.63) is 0 Å². The molecule has 0 atom stereocenters. The molecule has 4 heteroatoms. The Bertz CT molecular complexity index is 223. The first kappa shape index (κ1) is 9.03. The van der Waals surface area contributed by atoms with Crippen LogP contribution in [0.5, 0.6) is 0 Å². The molecule has 0 radical (unpaired) electrons. The van der Waals surface area contributed by atoms with Crippen LogP contribution in [-0.4, -0.2) is 29.8 Å². The summed E-state index contributed by atoms with van der Waals surface area (Å²) in [6, 6.07) is 0. The number of carbonyl (C=O) groups is 2. The Morgan fingerprint density at radius 3 is 2.58 bits per heavy atom. The summed E-state index contributed by atoms with van der Waals surface area (Å²) in [5.74, 6) is -0.417. The van der Waals surface area contributed by atoms with Crippen molar-refractivity contribution < 1.29 is 9.59 Å². The fraction of sp³-hybridized carbons (Fsp3) is 0.750. The second kappa shape index (κ2) is 2.77. The summed E-state index contributed by atoms with van der Waals surface area (Å²) in [5.41, 5.74) is 4.98. The largest absolute Gasteiger partial charge is 0.368 e. The molecule has 1 fully saturated rings. The van der Waals surface area contributed by atoms with E-state index in [2.05, 4.69) is 0 Å². The summed E-state index contributed by atoms with van der Waals surface area (Å²) in [5, 5.41) is 0. The number of likely N-dealkylation sites (tertiary alicyclic amines) is 1. The van der Waals surface area contributed by atoms with Crippen molar-refractivity contribution in [2.45, 2.75) is 20.3 Å². The van der Waals surface area contributed by atoms with E-state index in [0.717, 1.165) is 0 Å². The summed E-state index contributed by atoms with van der Waals surface area (Å²) < 4.78 is 0. The molecule has 2 amide bonds. The zero-order chi connectivity index (χ0) is 9.35. The zero-order valence-electron chi connectivity index (χ0n) is 7.46. The first-order valence-electron chi connectivity index (χ1n) is 3.97. The molecule has 1 aliphatic rings. The van der Waals surface area contributed by atoms with Gasteiger partial charge in [0.05, 0.1) is 6.54 Å². The summed E-state index contributed by atoms with van der Waals surface area (Å²) >= 11 is 0. The standard InChI is InChI=1S/C8H14N2O2/c1-8(2)3-7(12)10(5-8)4-6(9)11/h3-5H2,1-2H3,(H2,9,11). The number of hydrogen-bond acceptors (Lipinski definition) is 2. The van der Waals surface area contributed by atoms with Crippen molar-refractivity contribution in [2.75, 3.05) is 13.1 Å². The van der Waals surface area contributed by atoms with E-state index in [1.54, 1.807) is 0 Å². The highest BCUT2D eigenvalue weighted by atomic mass is 16.2. The van der Waals surface area contributed by atoms with Crippen LogP contribution in [0.1, 0.15) is 20.3 Å². The Morgan fingerprint density at radius 2 is 2.25 bits per heavy atom. The lowest BCUT2D eigenvalue weighted by molar-refractivity contribution is -0.132. The minimum absolute atomic E-state index is 0.00741. The molecule has 0 aromatic rings. The predicted molar refractivity (Wildman–Crippen MR) is 44.2 cm³/mol. The van der Waals surface area contributed by atoms with Gasteiger partial charge < -0.3 is 10.6 Å². The summed E-state index contributed by atoms with van der Waals surface area (Å²) in [7, 11) is 0. The van der Waals surface area contributed by atoms with Crippen LogP contribution in [0.4, 0.5) is 0 Å². The first-order valence-corrected chi connectivity index (χ1v) is 3.97. The topological polar surface area (TPSA) is 63.4 Å². The molecule has 0 unspecified atom stereocenters. The van der Waals surface area contributed by atoms with Crippen molar-refractivity contribution in [3.8, 4) is 0 Å². The number of rotatable bonds is 2. The van der Waals surface area contributed by atoms with E-state index in [0.29, 0.717) is 13.0 Å². The smallest absolute Gasteiger partial charge is 0.237 e. The van der Waals surface area contributed by atoms with Crippen molar-refractivity contribution in [3.63, 3.8) is 0 Å². The maximum Gasteiger partial charge on any atom is 0.237 e. The lowest BCUT2D eigenvalue weighted by Crippen LogP contribution is -2.35. The molecule has 1 saturated heterocycles. The number of nitrogens with zero attached hydrogens (tertiary/aromatic N) is 1. The Hall–Kier alpha value is -1.06. The highest BCUT2D eigenvalue weighted by molar-refractivity contribution is 5.85. The van der Waals surface area contributed by atoms with E-state index in [-0.39, 0.29) is 17.9 Å². The van der Waals surface area contributed by atoms with E-state index >= 15 is 0 Å². The lowest BCUT2D eigenvalue weighted by atomic mass is 9.93. The molecule has 1 rings (SSSR count). The molecule has 0 aromatic carbocycles. The van der Waals surface area contributed by atoms with Crippen LogP contribution < -0.4 is 5.73 Å². The fourth-order valence-corrected chi connectivity index (χ4v) is 1.51. The van der Waals surface area contributed by atoms with Crippen molar-refractivity contribution in [2.24, 2.45) is 11.1 Å². The van der Waals surface area contributed by atoms with Crippen molar-refractivity contribution in [1.82, 2.24) is 4.90 Å². The van der Waals surface area contributed by atoms with E-state index in [1.807, 2.05) is 13.8 Å². The molecule has 0 aromatic heterocycles. The van der Waals surface area contributed by atoms with Gasteiger partial charge in [-0.3, -0.25) is 9.59 Å². The lowest BCUT2D eigenvalue weighted by Gasteiger charge is -2.17. The summed E-state index contributed by atoms with van der Waals surface area (Å²) in [6.07, 6.45) is 0.514. The average Bonchev–Trinajstić information content (AvgIpc) is 2.03. The van der Waals surface area contributed by atoms with Gasteiger partial charge >= 0.3 is 0 Å². The van der Waals surface area contributed by atoms with Gasteiger partial charge in [-0.05, 0) is 5.41 Å². The molecule has 68 valence electrons. The van der Waals surface area contributed by atoms with Gasteiger partial charge in [-0.1, -0.05) is 13.8 Å². The molecule has 1 heterocycles. The third-order valence-electron chi connectivity index (χ3n) is 1.95. The van der Waals surface area contributed by atoms with Crippen LogP contribution in [0.3, 0.4) is 0 Å². The van der Waals surface area contributed by atoms with Crippen LogP contribution >= 0.6 is 0 Å². The third-order valence-corrected chi connectivity index (χ3v) is 1.95. The van der Waals surface area contributed by atoms with E-state index in [1.165, 1.54) is 4.90 Å². The van der Waals surface area contributed by atoms with E-state index in [9.17, 15) is 9.59 Å². The van der Waals surface area contributed by atoms with Gasteiger partial charge in [-0.25, -0.2) is 0 Å². The molecule has 0 aliphatic carbocycles. The molecule has 0 saturated carbocycles. The molecule has 2 N–H and O–H groups in total. The van der Waals surface area contributed by atoms with Crippen LogP contribution in [0, 0.1) is 5.41 Å². The highest BCUT2D eigenvalue weighted by Crippen LogP contribution is 2.29. The molecule has 4 nitrogen and oxygen atoms in total. The van der Waals surface area contributed by atoms with Crippen LogP contribution in [0.2, 0.25) is 0 Å². The Balaban J connectivity index is 2.58. The van der Waals surface area contributed by atoms with Gasteiger partial charge in [0.1, 0.15) is 0 Å². The summed E-state index contributed by atoms with van der Waals surface area (Å²) in [4.78, 5) is 23.3. The number of carbonyl (C=O) groups excluding carboxylic acids is 2. The molecule has 0 bridgehead atoms. The molecule has 1 aliphatic heterocycles. The zero-order valence-corrected chi connectivity index (χ0v) is 7.46. The quantitative estimate of drug-likeness (QED) is 0.620. The van der Waals surface area contributed by atoms with Crippen LogP contribution in [0.25, 0.3) is 0 Å². The Labute approximate surface area is 71.7 Å². The van der Waals surface area contributed by atoms with E-state index < -0.39 is 5.91 Å². The second-order valence-electron chi connectivity index (χ2n) is 4.06. The maximum atomic E-state index is 11.2. The van der Waals surface area contributed by atoms with Crippen LogP contribution in [0.15, 0.2) is 0 Å². The Morgan fingerprint density at radius 1 is 1.67 bits per heavy atom. The minimum Gasteiger partial charge on any atom is -0.368 e. The van der Waals surface area contributed by atoms with Crippen molar-refractivity contribution >= 4 is 11.8 Å². The van der Waals surface area contributed by atoms with E-state index in [4.69, 9.17) is 5.73 Å². The Kier molecular flexibility index (Phi) is 2.08. The SMILES string of the molecule is CC1(C)CC(=O)N(CC(N)=O)C1. The summed E-state index contributed by atoms with van der Waals surface area (Å²) in [6.45, 7) is 4.70. The molecule has 12 heavy (non-hydrogen) atoms. The fourth-order valence-electron chi connectivity index (χ4n) is 1.51. The second-order valence-corrected chi connectivity index (χ2v) is 4.06. The third kappa shape index (κ3) is 1.96. The monoisotopic (exact) mass is 170 g/mol. The number of nitrogens with two attached hydrogens (primary N) is 1. The predicted octanol–water partition coefficient (Wildman–Crippen LogP) is -0.270. The van der Waals surface area contributed by atoms with Crippen molar-refractivity contribution in [1.29, 1.82) is 0 Å². The molecular formula is C8H14N2O2. The molecule has 0 spiro atoms. The minimum atomic E-state index is -0.443. The number of primary amides is 1. The number of amides is 2. The normalized spacial score (nSPS) is 21.5. The average molecular weight is 170 g/mol. The van der Waals surface area contributed by atoms with Gasteiger partial charge in [-0.2, -0.15) is 0 Å². The highest BCUT2D eigenvalue weighted by Gasteiger charge is 2.35. The molecular weight excluding hydrogens is 156 g/mol. The number of hydrogen-bond donors (Lipinski definition) is 1. The maximum absolute atomic E-state index is 11.2. The first-order chi connectivity index (χ1) is 5.41. The van der Waals surface area contributed by atoms with Crippen LogP contribution in [-0.2, 0) is 9.59 Å². The van der Waals surface area contributed by atoms with Gasteiger partial charge in [0.2, 0.25) is 11.8 Å². The van der Waals surface area contributed by atoms with Gasteiger partial charge in [0, 0.05) is 13.0 Å². The van der Waals surface area contributed by atoms with Gasteiger partial charge in [-0.15, -0.1) is 0 Å². The van der Waals surface area contributed by atoms with Gasteiger partial charge in [0.25, 0.3) is 0 Å².